The molecule has 0 saturated carbocycles. The molecule has 6 nitrogen and oxygen atoms in total. The van der Waals surface area contributed by atoms with Gasteiger partial charge in [0.05, 0.1) is 0 Å². The molecule has 62 valence electrons. The number of aryl methyl sites for hydroxylation is 1. The fraction of sp³-hybridized carbons (Fsp3) is 0.167. The van der Waals surface area contributed by atoms with E-state index in [-0.39, 0.29) is 11.4 Å². The first-order valence-electron chi connectivity index (χ1n) is 3.39. The number of H-pyrrole nitrogens is 2. The average Bonchev–Trinajstić information content (AvgIpc) is 2.33. The molecule has 0 amide bonds. The highest BCUT2D eigenvalue weighted by Gasteiger charge is 2.06. The molecule has 2 aromatic heterocycles. The van der Waals surface area contributed by atoms with E-state index in [1.54, 1.807) is 6.92 Å². The number of aromatic amines is 2. The first-order chi connectivity index (χ1) is 5.68. The van der Waals surface area contributed by atoms with Crippen molar-refractivity contribution in [3.63, 3.8) is 0 Å². The zero-order chi connectivity index (χ0) is 8.72. The summed E-state index contributed by atoms with van der Waals surface area (Å²) < 4.78 is 0. The van der Waals surface area contributed by atoms with Gasteiger partial charge in [-0.05, 0) is 6.92 Å². The Hall–Kier alpha value is -1.85. The molecule has 0 aliphatic carbocycles. The molecule has 2 heterocycles. The van der Waals surface area contributed by atoms with E-state index in [4.69, 9.17) is 5.73 Å². The second kappa shape index (κ2) is 2.07. The topological polar surface area (TPSA) is 100 Å². The lowest BCUT2D eigenvalue weighted by Crippen LogP contribution is -2.09. The van der Waals surface area contributed by atoms with E-state index < -0.39 is 0 Å². The molecule has 0 spiro atoms. The van der Waals surface area contributed by atoms with Gasteiger partial charge in [0.15, 0.2) is 11.3 Å². The Morgan fingerprint density at radius 2 is 2.25 bits per heavy atom. The Balaban J connectivity index is 3.03. The van der Waals surface area contributed by atoms with Crippen LogP contribution in [0.1, 0.15) is 5.82 Å². The molecule has 0 aliphatic heterocycles. The van der Waals surface area contributed by atoms with Gasteiger partial charge < -0.3 is 10.7 Å². The van der Waals surface area contributed by atoms with Crippen molar-refractivity contribution in [3.8, 4) is 0 Å². The number of nitrogen functional groups attached to an aromatic ring is 1. The van der Waals surface area contributed by atoms with Crippen LogP contribution in [0.25, 0.3) is 11.0 Å². The minimum atomic E-state index is -0.248. The maximum Gasteiger partial charge on any atom is 0.276 e. The summed E-state index contributed by atoms with van der Waals surface area (Å²) in [7, 11) is 0. The van der Waals surface area contributed by atoms with Gasteiger partial charge in [-0.1, -0.05) is 0 Å². The average molecular weight is 165 g/mol. The number of fused-ring (bicyclic) bond motifs is 1. The van der Waals surface area contributed by atoms with Gasteiger partial charge in [0, 0.05) is 0 Å². The van der Waals surface area contributed by atoms with Crippen LogP contribution in [0.5, 0.6) is 0 Å². The lowest BCUT2D eigenvalue weighted by molar-refractivity contribution is 1.05. The minimum Gasteiger partial charge on any atom is -0.380 e. The highest BCUT2D eigenvalue weighted by Crippen LogP contribution is 2.09. The highest BCUT2D eigenvalue weighted by molar-refractivity contribution is 5.83. The molecule has 0 unspecified atom stereocenters. The zero-order valence-corrected chi connectivity index (χ0v) is 6.38. The van der Waals surface area contributed by atoms with E-state index in [9.17, 15) is 4.79 Å². The fourth-order valence-electron chi connectivity index (χ4n) is 1.04. The first-order valence-corrected chi connectivity index (χ1v) is 3.39. The van der Waals surface area contributed by atoms with Crippen LogP contribution in [0.4, 0.5) is 5.82 Å². The third kappa shape index (κ3) is 0.777. The smallest absolute Gasteiger partial charge is 0.276 e. The van der Waals surface area contributed by atoms with E-state index in [1.165, 1.54) is 0 Å². The Morgan fingerprint density at radius 1 is 1.50 bits per heavy atom. The largest absolute Gasteiger partial charge is 0.380 e. The first kappa shape index (κ1) is 6.84. The Morgan fingerprint density at radius 3 is 3.00 bits per heavy atom. The molecule has 4 N–H and O–H groups in total. The summed E-state index contributed by atoms with van der Waals surface area (Å²) in [5.41, 5.74) is 5.95. The fourth-order valence-corrected chi connectivity index (χ4v) is 1.04. The molecular formula is C6H7N5O. The molecular weight excluding hydrogens is 158 g/mol. The second-order valence-electron chi connectivity index (χ2n) is 2.48. The van der Waals surface area contributed by atoms with Gasteiger partial charge in [-0.15, -0.1) is 0 Å². The van der Waals surface area contributed by atoms with Gasteiger partial charge in [0.25, 0.3) is 5.56 Å². The lowest BCUT2D eigenvalue weighted by atomic mass is 10.4. The number of hydrogen-bond donors (Lipinski definition) is 3. The summed E-state index contributed by atoms with van der Waals surface area (Å²) in [5, 5.41) is 6.17. The molecule has 12 heavy (non-hydrogen) atoms. The molecule has 2 aromatic rings. The third-order valence-electron chi connectivity index (χ3n) is 1.57. The summed E-state index contributed by atoms with van der Waals surface area (Å²) >= 11 is 0. The van der Waals surface area contributed by atoms with Crippen LogP contribution in [-0.2, 0) is 0 Å². The van der Waals surface area contributed by atoms with E-state index in [0.717, 1.165) is 0 Å². The molecule has 2 rings (SSSR count). The zero-order valence-electron chi connectivity index (χ0n) is 6.38. The van der Waals surface area contributed by atoms with E-state index >= 15 is 0 Å². The van der Waals surface area contributed by atoms with E-state index in [2.05, 4.69) is 20.2 Å². The van der Waals surface area contributed by atoms with Crippen LogP contribution in [-0.4, -0.2) is 20.2 Å². The van der Waals surface area contributed by atoms with Crippen molar-refractivity contribution in [2.24, 2.45) is 0 Å². The number of anilines is 1. The van der Waals surface area contributed by atoms with Crippen LogP contribution in [0.15, 0.2) is 4.79 Å². The second-order valence-corrected chi connectivity index (χ2v) is 2.48. The molecule has 0 bridgehead atoms. The van der Waals surface area contributed by atoms with Crippen molar-refractivity contribution in [1.29, 1.82) is 0 Å². The third-order valence-corrected chi connectivity index (χ3v) is 1.57. The Labute approximate surface area is 66.8 Å². The van der Waals surface area contributed by atoms with Crippen LogP contribution in [0, 0.1) is 6.92 Å². The van der Waals surface area contributed by atoms with Gasteiger partial charge in [-0.25, -0.2) is 4.98 Å². The van der Waals surface area contributed by atoms with Gasteiger partial charge >= 0.3 is 0 Å². The van der Waals surface area contributed by atoms with Crippen molar-refractivity contribution in [1.82, 2.24) is 20.2 Å². The maximum absolute atomic E-state index is 11.2. The van der Waals surface area contributed by atoms with Crippen molar-refractivity contribution >= 4 is 16.9 Å². The van der Waals surface area contributed by atoms with Crippen molar-refractivity contribution in [2.75, 3.05) is 5.73 Å². The number of nitrogens with two attached hydrogens (primary N) is 1. The SMILES string of the molecule is Cc1nc2c(N)n[nH]c2c(=O)[nH]1. The monoisotopic (exact) mass is 165 g/mol. The Kier molecular flexibility index (Phi) is 1.18. The van der Waals surface area contributed by atoms with Gasteiger partial charge in [-0.3, -0.25) is 9.89 Å². The number of rotatable bonds is 0. The predicted molar refractivity (Wildman–Crippen MR) is 43.7 cm³/mol. The molecule has 0 atom stereocenters. The van der Waals surface area contributed by atoms with Crippen molar-refractivity contribution in [3.05, 3.63) is 16.2 Å². The van der Waals surface area contributed by atoms with Crippen LogP contribution in [0.2, 0.25) is 0 Å². The summed E-state index contributed by atoms with van der Waals surface area (Å²) in [5.74, 6) is 0.778. The van der Waals surface area contributed by atoms with Crippen LogP contribution < -0.4 is 11.3 Å². The summed E-state index contributed by atoms with van der Waals surface area (Å²) in [6.07, 6.45) is 0. The molecule has 0 aliphatic rings. The van der Waals surface area contributed by atoms with Gasteiger partial charge in [-0.2, -0.15) is 5.10 Å². The summed E-state index contributed by atoms with van der Waals surface area (Å²) in [6, 6.07) is 0. The predicted octanol–water partition coefficient (Wildman–Crippen LogP) is -0.463. The van der Waals surface area contributed by atoms with Crippen molar-refractivity contribution in [2.45, 2.75) is 6.92 Å². The van der Waals surface area contributed by atoms with Crippen LogP contribution in [0.3, 0.4) is 0 Å². The summed E-state index contributed by atoms with van der Waals surface area (Å²) in [4.78, 5) is 17.7. The van der Waals surface area contributed by atoms with E-state index in [1.807, 2.05) is 0 Å². The molecule has 6 heteroatoms. The quantitative estimate of drug-likeness (QED) is 0.491. The molecule has 0 saturated heterocycles. The normalized spacial score (nSPS) is 10.8. The maximum atomic E-state index is 11.2. The van der Waals surface area contributed by atoms with E-state index in [0.29, 0.717) is 16.9 Å². The Bertz CT molecular complexity index is 482. The number of nitrogens with zero attached hydrogens (tertiary/aromatic N) is 2. The highest BCUT2D eigenvalue weighted by atomic mass is 16.1. The van der Waals surface area contributed by atoms with Crippen LogP contribution >= 0.6 is 0 Å². The van der Waals surface area contributed by atoms with Crippen molar-refractivity contribution < 1.29 is 0 Å². The molecule has 0 radical (unpaired) electrons. The lowest BCUT2D eigenvalue weighted by Gasteiger charge is -1.91. The standard InChI is InChI=1S/C6H7N5O/c1-2-8-3-4(6(12)9-2)10-11-5(3)7/h1H3,(H3,7,10,11)(H,8,9,12). The van der Waals surface area contributed by atoms with Gasteiger partial charge in [0.1, 0.15) is 11.3 Å². The minimum absolute atomic E-state index is 0.248. The number of hydrogen-bond acceptors (Lipinski definition) is 4. The molecule has 0 fully saturated rings. The number of nitrogens with one attached hydrogen (secondary N) is 2. The number of aromatic nitrogens is 4. The van der Waals surface area contributed by atoms with Gasteiger partial charge in [0.2, 0.25) is 0 Å². The summed E-state index contributed by atoms with van der Waals surface area (Å²) in [6.45, 7) is 1.69. The molecule has 0 aromatic carbocycles.